The first kappa shape index (κ1) is 48.5. The van der Waals surface area contributed by atoms with Crippen molar-refractivity contribution in [2.75, 3.05) is 112 Å². The second-order valence-electron chi connectivity index (χ2n) is 10.3. The van der Waals surface area contributed by atoms with Crippen molar-refractivity contribution in [2.24, 2.45) is 0 Å². The molecule has 0 aromatic rings. The summed E-state index contributed by atoms with van der Waals surface area (Å²) < 4.78 is 0. The van der Waals surface area contributed by atoms with Gasteiger partial charge >= 0.3 is 0 Å². The van der Waals surface area contributed by atoms with Crippen LogP contribution in [-0.2, 0) is 0 Å². The van der Waals surface area contributed by atoms with Crippen molar-refractivity contribution < 1.29 is 61.3 Å². The number of nitrogens with zero attached hydrogens (tertiary/aromatic N) is 3. The van der Waals surface area contributed by atoms with Crippen molar-refractivity contribution in [3.63, 3.8) is 0 Å². The van der Waals surface area contributed by atoms with E-state index in [4.69, 9.17) is 20.4 Å². The fraction of sp³-hybridized carbons (Fsp3) is 0.931. The van der Waals surface area contributed by atoms with E-state index >= 15 is 0 Å². The molecular formula is C29H66N4O12. The van der Waals surface area contributed by atoms with Crippen molar-refractivity contribution in [2.45, 2.75) is 62.4 Å². The maximum absolute atomic E-state index is 9.38. The molecule has 0 rings (SSSR count). The van der Waals surface area contributed by atoms with Gasteiger partial charge in [0.2, 0.25) is 0 Å². The SMILES string of the molecule is C=C.CCCN(C(CO)CO)C(CO)CO.OCC(CO)N(CCCNCCCN(C(CO)CO)C(CO)CO)C(CO)CO. The molecule has 0 saturated heterocycles. The summed E-state index contributed by atoms with van der Waals surface area (Å²) in [4.78, 5) is 5.13. The standard InChI is InChI=1S/C18H41N3O8.C9H21NO4.C2H4/c22-7-15(8-23)20(16(9-24)10-25)5-1-3-19-4-2-6-21(17(11-26)12-27)18(13-28)14-29;1-2-3-10(8(4-11)5-12)9(6-13)7-14;1-2/h15-19,22-29H,1-14H2;8-9,11-14H,2-7H2,1H3;1-2H2. The molecule has 0 aliphatic heterocycles. The van der Waals surface area contributed by atoms with E-state index in [2.05, 4.69) is 18.5 Å². The Kier molecular flexibility index (Phi) is 37.1. The molecule has 274 valence electrons. The van der Waals surface area contributed by atoms with E-state index in [1.165, 1.54) is 0 Å². The van der Waals surface area contributed by atoms with E-state index in [1.807, 2.05) is 6.92 Å². The highest BCUT2D eigenvalue weighted by molar-refractivity contribution is 4.80. The summed E-state index contributed by atoms with van der Waals surface area (Å²) in [6, 6.07) is -2.99. The zero-order valence-electron chi connectivity index (χ0n) is 27.2. The van der Waals surface area contributed by atoms with Gasteiger partial charge in [-0.3, -0.25) is 14.7 Å². The van der Waals surface area contributed by atoms with Crippen molar-refractivity contribution >= 4 is 0 Å². The van der Waals surface area contributed by atoms with Crippen LogP contribution in [0.15, 0.2) is 13.2 Å². The van der Waals surface area contributed by atoms with Crippen molar-refractivity contribution in [1.82, 2.24) is 20.0 Å². The van der Waals surface area contributed by atoms with Gasteiger partial charge in [-0.1, -0.05) is 6.92 Å². The van der Waals surface area contributed by atoms with Crippen LogP contribution in [-0.4, -0.2) is 224 Å². The first-order valence-electron chi connectivity index (χ1n) is 15.6. The maximum Gasteiger partial charge on any atom is 0.0609 e. The van der Waals surface area contributed by atoms with Gasteiger partial charge in [-0.25, -0.2) is 0 Å². The largest absolute Gasteiger partial charge is 0.395 e. The van der Waals surface area contributed by atoms with Gasteiger partial charge in [0.1, 0.15) is 0 Å². The van der Waals surface area contributed by atoms with Gasteiger partial charge in [0, 0.05) is 13.1 Å². The lowest BCUT2D eigenvalue weighted by molar-refractivity contribution is 0.000453. The molecule has 0 aromatic carbocycles. The van der Waals surface area contributed by atoms with Crippen LogP contribution >= 0.6 is 0 Å². The first-order chi connectivity index (χ1) is 21.8. The summed E-state index contributed by atoms with van der Waals surface area (Å²) in [5, 5.41) is 114. The van der Waals surface area contributed by atoms with Crippen molar-refractivity contribution in [3.8, 4) is 0 Å². The molecule has 0 radical (unpaired) electrons. The van der Waals surface area contributed by atoms with Crippen LogP contribution in [0.3, 0.4) is 0 Å². The Balaban J connectivity index is -0.000000921. The molecule has 0 heterocycles. The van der Waals surface area contributed by atoms with Gasteiger partial charge in [-0.2, -0.15) is 0 Å². The first-order valence-corrected chi connectivity index (χ1v) is 15.6. The molecule has 0 amide bonds. The number of aliphatic hydroxyl groups excluding tert-OH is 12. The van der Waals surface area contributed by atoms with Gasteiger partial charge in [-0.15, -0.1) is 13.2 Å². The molecule has 16 heteroatoms. The Morgan fingerprint density at radius 3 is 0.778 bits per heavy atom. The predicted molar refractivity (Wildman–Crippen MR) is 172 cm³/mol. The summed E-state index contributed by atoms with van der Waals surface area (Å²) >= 11 is 0. The van der Waals surface area contributed by atoms with Crippen LogP contribution in [0.5, 0.6) is 0 Å². The van der Waals surface area contributed by atoms with Gasteiger partial charge < -0.3 is 66.6 Å². The van der Waals surface area contributed by atoms with E-state index < -0.39 is 36.3 Å². The summed E-state index contributed by atoms with van der Waals surface area (Å²) in [6.45, 7) is 7.94. The van der Waals surface area contributed by atoms with Crippen LogP contribution in [0.4, 0.5) is 0 Å². The average molecular weight is 663 g/mol. The third kappa shape index (κ3) is 20.2. The Labute approximate surface area is 269 Å². The minimum absolute atomic E-state index is 0.174. The molecule has 45 heavy (non-hydrogen) atoms. The number of rotatable bonds is 28. The monoisotopic (exact) mass is 662 g/mol. The number of hydrogen-bond acceptors (Lipinski definition) is 16. The number of hydrogen-bond donors (Lipinski definition) is 13. The Morgan fingerprint density at radius 2 is 0.600 bits per heavy atom. The quantitative estimate of drug-likeness (QED) is 0.0275. The molecule has 0 aliphatic carbocycles. The van der Waals surface area contributed by atoms with Crippen LogP contribution in [0.2, 0.25) is 0 Å². The van der Waals surface area contributed by atoms with Crippen molar-refractivity contribution in [3.05, 3.63) is 13.2 Å². The molecule has 13 N–H and O–H groups in total. The number of aliphatic hydroxyl groups is 12. The Hall–Kier alpha value is -0.900. The molecule has 0 unspecified atom stereocenters. The van der Waals surface area contributed by atoms with Crippen molar-refractivity contribution in [1.29, 1.82) is 0 Å². The van der Waals surface area contributed by atoms with Gasteiger partial charge in [0.25, 0.3) is 0 Å². The van der Waals surface area contributed by atoms with Gasteiger partial charge in [-0.05, 0) is 38.9 Å². The summed E-state index contributed by atoms with van der Waals surface area (Å²) in [5.41, 5.74) is 0. The molecule has 0 aromatic heterocycles. The lowest BCUT2D eigenvalue weighted by Crippen LogP contribution is -2.51. The zero-order valence-corrected chi connectivity index (χ0v) is 27.2. The predicted octanol–water partition coefficient (Wildman–Crippen LogP) is -5.42. The van der Waals surface area contributed by atoms with Gasteiger partial charge in [0.15, 0.2) is 0 Å². The average Bonchev–Trinajstić information content (AvgIpc) is 3.08. The number of nitrogens with one attached hydrogen (secondary N) is 1. The summed E-state index contributed by atoms with van der Waals surface area (Å²) in [7, 11) is 0. The van der Waals surface area contributed by atoms with Crippen LogP contribution in [0.25, 0.3) is 0 Å². The molecule has 0 bridgehead atoms. The maximum atomic E-state index is 9.38. The second kappa shape index (κ2) is 34.4. The molecule has 0 atom stereocenters. The Morgan fingerprint density at radius 1 is 0.400 bits per heavy atom. The lowest BCUT2D eigenvalue weighted by atomic mass is 10.1. The molecule has 16 nitrogen and oxygen atoms in total. The van der Waals surface area contributed by atoms with E-state index in [0.717, 1.165) is 6.42 Å². The minimum Gasteiger partial charge on any atom is -0.395 e. The normalized spacial score (nSPS) is 12.0. The van der Waals surface area contributed by atoms with Crippen LogP contribution in [0.1, 0.15) is 26.2 Å². The van der Waals surface area contributed by atoms with E-state index in [1.54, 1.807) is 14.7 Å². The summed E-state index contributed by atoms with van der Waals surface area (Å²) in [5.74, 6) is 0. The molecule has 0 spiro atoms. The molecular weight excluding hydrogens is 596 g/mol. The highest BCUT2D eigenvalue weighted by atomic mass is 16.3. The topological polar surface area (TPSA) is 265 Å². The second-order valence-corrected chi connectivity index (χ2v) is 10.3. The lowest BCUT2D eigenvalue weighted by Gasteiger charge is -2.35. The van der Waals surface area contributed by atoms with Crippen LogP contribution < -0.4 is 5.32 Å². The highest BCUT2D eigenvalue weighted by Crippen LogP contribution is 2.09. The molecule has 0 aliphatic rings. The smallest absolute Gasteiger partial charge is 0.0609 e. The molecule has 0 saturated carbocycles. The molecule has 0 fully saturated rings. The fourth-order valence-corrected chi connectivity index (χ4v) is 4.75. The van der Waals surface area contributed by atoms with E-state index in [-0.39, 0.29) is 79.3 Å². The highest BCUT2D eigenvalue weighted by Gasteiger charge is 2.26. The minimum atomic E-state index is -0.546. The van der Waals surface area contributed by atoms with E-state index in [9.17, 15) is 40.9 Å². The van der Waals surface area contributed by atoms with E-state index in [0.29, 0.717) is 45.6 Å². The third-order valence-electron chi connectivity index (χ3n) is 7.36. The van der Waals surface area contributed by atoms with Crippen LogP contribution in [0, 0.1) is 0 Å². The Bertz CT molecular complexity index is 513. The zero-order chi connectivity index (χ0) is 35.0. The third-order valence-corrected chi connectivity index (χ3v) is 7.36. The fourth-order valence-electron chi connectivity index (χ4n) is 4.75. The summed E-state index contributed by atoms with van der Waals surface area (Å²) in [6.07, 6.45) is 2.18. The van der Waals surface area contributed by atoms with Gasteiger partial charge in [0.05, 0.1) is 116 Å².